The van der Waals surface area contributed by atoms with E-state index in [1.807, 2.05) is 0 Å². The minimum absolute atomic E-state index is 0.0265. The van der Waals surface area contributed by atoms with Gasteiger partial charge in [0.05, 0.1) is 30.4 Å². The number of rotatable bonds is 3. The lowest BCUT2D eigenvalue weighted by Crippen LogP contribution is -2.46. The highest BCUT2D eigenvalue weighted by Crippen LogP contribution is 2.16. The number of carbonyl (C=O) groups is 1. The number of morpholine rings is 1. The molecule has 2 aliphatic rings. The van der Waals surface area contributed by atoms with Crippen molar-refractivity contribution in [3.8, 4) is 0 Å². The number of aromatic amines is 1. The van der Waals surface area contributed by atoms with Crippen molar-refractivity contribution in [2.75, 3.05) is 52.5 Å². The summed E-state index contributed by atoms with van der Waals surface area (Å²) in [7, 11) is 0. The monoisotopic (exact) mass is 362 g/mol. The Bertz CT molecular complexity index is 775. The molecular weight excluding hydrogens is 339 g/mol. The van der Waals surface area contributed by atoms with Gasteiger partial charge in [0, 0.05) is 39.3 Å². The van der Waals surface area contributed by atoms with Crippen LogP contribution in [-0.2, 0) is 9.47 Å². The predicted octanol–water partition coefficient (Wildman–Crippen LogP) is 1.27. The SMILES string of the molecule is O=C(c1nc2ccc(F)cc2[nH]1)N1CCCO[C@@H](CN2CCOCC2)C1. The number of fused-ring (bicyclic) bond motifs is 1. The summed E-state index contributed by atoms with van der Waals surface area (Å²) >= 11 is 0. The molecule has 1 atom stereocenters. The maximum atomic E-state index is 13.4. The number of H-pyrrole nitrogens is 1. The van der Waals surface area contributed by atoms with E-state index in [0.29, 0.717) is 30.7 Å². The molecule has 2 saturated heterocycles. The molecule has 2 aromatic rings. The molecule has 7 nitrogen and oxygen atoms in total. The van der Waals surface area contributed by atoms with Gasteiger partial charge in [-0.3, -0.25) is 9.69 Å². The van der Waals surface area contributed by atoms with Crippen LogP contribution in [0.5, 0.6) is 0 Å². The van der Waals surface area contributed by atoms with Crippen LogP contribution in [0.3, 0.4) is 0 Å². The molecule has 8 heteroatoms. The van der Waals surface area contributed by atoms with Crippen molar-refractivity contribution in [1.82, 2.24) is 19.8 Å². The number of imidazole rings is 1. The normalized spacial score (nSPS) is 22.5. The first kappa shape index (κ1) is 17.4. The minimum Gasteiger partial charge on any atom is -0.379 e. The third-order valence-corrected chi connectivity index (χ3v) is 4.85. The van der Waals surface area contributed by atoms with Crippen LogP contribution >= 0.6 is 0 Å². The number of ether oxygens (including phenoxy) is 2. The predicted molar refractivity (Wildman–Crippen MR) is 93.6 cm³/mol. The van der Waals surface area contributed by atoms with Crippen molar-refractivity contribution in [2.24, 2.45) is 0 Å². The van der Waals surface area contributed by atoms with Gasteiger partial charge in [-0.05, 0) is 24.6 Å². The first-order valence-corrected chi connectivity index (χ1v) is 9.05. The van der Waals surface area contributed by atoms with Gasteiger partial charge in [0.2, 0.25) is 0 Å². The standard InChI is InChI=1S/C18H23FN4O3/c19-13-2-3-15-16(10-13)21-17(20-15)18(24)23-4-1-7-26-14(12-23)11-22-5-8-25-9-6-22/h2-3,10,14H,1,4-9,11-12H2,(H,20,21)/t14-/m0/s1. The second kappa shape index (κ2) is 7.69. The van der Waals surface area contributed by atoms with Crippen LogP contribution in [0, 0.1) is 5.82 Å². The highest BCUT2D eigenvalue weighted by Gasteiger charge is 2.27. The van der Waals surface area contributed by atoms with Crippen LogP contribution in [-0.4, -0.2) is 84.3 Å². The van der Waals surface area contributed by atoms with E-state index >= 15 is 0 Å². The van der Waals surface area contributed by atoms with Gasteiger partial charge < -0.3 is 19.4 Å². The maximum absolute atomic E-state index is 13.4. The fraction of sp³-hybridized carbons (Fsp3) is 0.556. The molecule has 2 aliphatic heterocycles. The molecule has 0 bridgehead atoms. The summed E-state index contributed by atoms with van der Waals surface area (Å²) in [6, 6.07) is 4.27. The Hall–Kier alpha value is -2.03. The van der Waals surface area contributed by atoms with Gasteiger partial charge in [-0.2, -0.15) is 0 Å². The molecule has 0 spiro atoms. The smallest absolute Gasteiger partial charge is 0.289 e. The topological polar surface area (TPSA) is 70.7 Å². The van der Waals surface area contributed by atoms with Gasteiger partial charge in [0.15, 0.2) is 5.82 Å². The number of hydrogen-bond acceptors (Lipinski definition) is 5. The lowest BCUT2D eigenvalue weighted by atomic mass is 10.2. The van der Waals surface area contributed by atoms with Gasteiger partial charge in [-0.1, -0.05) is 0 Å². The Morgan fingerprint density at radius 3 is 2.96 bits per heavy atom. The Balaban J connectivity index is 1.46. The Kier molecular flexibility index (Phi) is 5.14. The average Bonchev–Trinajstić information content (AvgIpc) is 2.93. The molecule has 3 heterocycles. The van der Waals surface area contributed by atoms with Gasteiger partial charge in [0.25, 0.3) is 5.91 Å². The number of amides is 1. The number of nitrogens with zero attached hydrogens (tertiary/aromatic N) is 3. The summed E-state index contributed by atoms with van der Waals surface area (Å²) in [6.07, 6.45) is 0.765. The van der Waals surface area contributed by atoms with Crippen molar-refractivity contribution < 1.29 is 18.7 Å². The quantitative estimate of drug-likeness (QED) is 0.890. The van der Waals surface area contributed by atoms with E-state index in [1.54, 1.807) is 11.0 Å². The zero-order valence-electron chi connectivity index (χ0n) is 14.6. The number of benzene rings is 1. The molecule has 1 N–H and O–H groups in total. The molecule has 2 fully saturated rings. The summed E-state index contributed by atoms with van der Waals surface area (Å²) in [4.78, 5) is 24.2. The van der Waals surface area contributed by atoms with E-state index < -0.39 is 0 Å². The van der Waals surface area contributed by atoms with Crippen molar-refractivity contribution in [3.05, 3.63) is 29.8 Å². The highest BCUT2D eigenvalue weighted by atomic mass is 19.1. The van der Waals surface area contributed by atoms with Gasteiger partial charge >= 0.3 is 0 Å². The first-order valence-electron chi connectivity index (χ1n) is 9.05. The molecule has 0 radical (unpaired) electrons. The Morgan fingerprint density at radius 2 is 2.12 bits per heavy atom. The van der Waals surface area contributed by atoms with E-state index in [-0.39, 0.29) is 23.7 Å². The highest BCUT2D eigenvalue weighted by molar-refractivity contribution is 5.94. The number of carbonyl (C=O) groups excluding carboxylic acids is 1. The van der Waals surface area contributed by atoms with Crippen LogP contribution in [0.25, 0.3) is 11.0 Å². The summed E-state index contributed by atoms with van der Waals surface area (Å²) in [5, 5.41) is 0. The summed E-state index contributed by atoms with van der Waals surface area (Å²) in [5.41, 5.74) is 1.12. The largest absolute Gasteiger partial charge is 0.379 e. The minimum atomic E-state index is -0.353. The molecule has 1 aromatic heterocycles. The number of halogens is 1. The summed E-state index contributed by atoms with van der Waals surface area (Å²) in [6.45, 7) is 5.86. The zero-order valence-corrected chi connectivity index (χ0v) is 14.6. The van der Waals surface area contributed by atoms with Crippen LogP contribution in [0.1, 0.15) is 17.0 Å². The second-order valence-electron chi connectivity index (χ2n) is 6.76. The zero-order chi connectivity index (χ0) is 17.9. The summed E-state index contributed by atoms with van der Waals surface area (Å²) < 4.78 is 24.7. The maximum Gasteiger partial charge on any atom is 0.289 e. The van der Waals surface area contributed by atoms with E-state index in [0.717, 1.165) is 39.3 Å². The molecule has 1 amide bonds. The lowest BCUT2D eigenvalue weighted by Gasteiger charge is -2.31. The van der Waals surface area contributed by atoms with Crippen molar-refractivity contribution in [1.29, 1.82) is 0 Å². The number of hydrogen-bond donors (Lipinski definition) is 1. The summed E-state index contributed by atoms with van der Waals surface area (Å²) in [5.74, 6) is -0.273. The fourth-order valence-corrected chi connectivity index (χ4v) is 3.49. The molecule has 0 saturated carbocycles. The first-order chi connectivity index (χ1) is 12.7. The lowest BCUT2D eigenvalue weighted by molar-refractivity contribution is -0.0113. The molecule has 26 heavy (non-hydrogen) atoms. The Labute approximate surface area is 151 Å². The molecule has 0 unspecified atom stereocenters. The molecule has 140 valence electrons. The van der Waals surface area contributed by atoms with E-state index in [9.17, 15) is 9.18 Å². The van der Waals surface area contributed by atoms with E-state index in [2.05, 4.69) is 14.9 Å². The molecular formula is C18H23FN4O3. The van der Waals surface area contributed by atoms with Gasteiger partial charge in [0.1, 0.15) is 5.82 Å². The molecule has 1 aromatic carbocycles. The van der Waals surface area contributed by atoms with Crippen LogP contribution in [0.15, 0.2) is 18.2 Å². The van der Waals surface area contributed by atoms with Crippen LogP contribution < -0.4 is 0 Å². The van der Waals surface area contributed by atoms with Crippen molar-refractivity contribution >= 4 is 16.9 Å². The average molecular weight is 362 g/mol. The van der Waals surface area contributed by atoms with E-state index in [1.165, 1.54) is 12.1 Å². The van der Waals surface area contributed by atoms with E-state index in [4.69, 9.17) is 9.47 Å². The van der Waals surface area contributed by atoms with Gasteiger partial charge in [-0.25, -0.2) is 9.37 Å². The third-order valence-electron chi connectivity index (χ3n) is 4.85. The number of aromatic nitrogens is 2. The Morgan fingerprint density at radius 1 is 1.27 bits per heavy atom. The molecule has 0 aliphatic carbocycles. The van der Waals surface area contributed by atoms with Crippen LogP contribution in [0.4, 0.5) is 4.39 Å². The van der Waals surface area contributed by atoms with Crippen molar-refractivity contribution in [2.45, 2.75) is 12.5 Å². The van der Waals surface area contributed by atoms with Gasteiger partial charge in [-0.15, -0.1) is 0 Å². The third kappa shape index (κ3) is 3.87. The number of nitrogens with one attached hydrogen (secondary N) is 1. The van der Waals surface area contributed by atoms with Crippen LogP contribution in [0.2, 0.25) is 0 Å². The second-order valence-corrected chi connectivity index (χ2v) is 6.76. The fourth-order valence-electron chi connectivity index (χ4n) is 3.49. The van der Waals surface area contributed by atoms with Crippen molar-refractivity contribution in [3.63, 3.8) is 0 Å². The molecule has 4 rings (SSSR count).